The summed E-state index contributed by atoms with van der Waals surface area (Å²) in [4.78, 5) is 31.4. The molecule has 1 atom stereocenters. The zero-order valence-corrected chi connectivity index (χ0v) is 22.4. The molecule has 0 unspecified atom stereocenters. The number of likely N-dealkylation sites (tertiary alicyclic amines) is 1. The normalized spacial score (nSPS) is 20.0. The predicted molar refractivity (Wildman–Crippen MR) is 145 cm³/mol. The molecule has 2 amide bonds. The second-order valence-electron chi connectivity index (χ2n) is 11.2. The van der Waals surface area contributed by atoms with E-state index in [4.69, 9.17) is 0 Å². The maximum absolute atomic E-state index is 13.9. The molecule has 0 aliphatic carbocycles. The van der Waals surface area contributed by atoms with Crippen LogP contribution in [0.5, 0.6) is 0 Å². The quantitative estimate of drug-likeness (QED) is 0.418. The van der Waals surface area contributed by atoms with Crippen LogP contribution in [0.25, 0.3) is 0 Å². The van der Waals surface area contributed by atoms with E-state index in [1.54, 1.807) is 11.0 Å². The van der Waals surface area contributed by atoms with Gasteiger partial charge in [0.1, 0.15) is 17.4 Å². The topological polar surface area (TPSA) is 52.7 Å². The zero-order chi connectivity index (χ0) is 26.3. The number of piperidine rings is 1. The Kier molecular flexibility index (Phi) is 9.36. The fraction of sp³-hybridized carbons (Fsp3) is 0.548. The van der Waals surface area contributed by atoms with Crippen molar-refractivity contribution in [2.75, 3.05) is 19.6 Å². The van der Waals surface area contributed by atoms with Crippen LogP contribution in [0.4, 0.5) is 4.39 Å². The molecule has 2 fully saturated rings. The van der Waals surface area contributed by atoms with Crippen LogP contribution in [-0.2, 0) is 22.6 Å². The third-order valence-corrected chi connectivity index (χ3v) is 7.96. The molecule has 0 aromatic heterocycles. The van der Waals surface area contributed by atoms with E-state index in [0.717, 1.165) is 38.0 Å². The molecule has 2 aliphatic rings. The fourth-order valence-corrected chi connectivity index (χ4v) is 5.86. The molecule has 0 radical (unpaired) electrons. The highest BCUT2D eigenvalue weighted by Crippen LogP contribution is 2.35. The van der Waals surface area contributed by atoms with Crippen LogP contribution in [0.1, 0.15) is 69.9 Å². The Hall–Kier alpha value is -2.73. The zero-order valence-electron chi connectivity index (χ0n) is 22.4. The first kappa shape index (κ1) is 27.3. The van der Waals surface area contributed by atoms with E-state index in [1.807, 2.05) is 6.07 Å². The van der Waals surface area contributed by atoms with Crippen LogP contribution in [0.2, 0.25) is 0 Å². The first-order valence-corrected chi connectivity index (χ1v) is 14.0. The van der Waals surface area contributed by atoms with Crippen LogP contribution < -0.4 is 5.32 Å². The van der Waals surface area contributed by atoms with Crippen molar-refractivity contribution in [2.24, 2.45) is 5.92 Å². The van der Waals surface area contributed by atoms with Crippen molar-refractivity contribution in [1.29, 1.82) is 0 Å². The number of piperazine rings is 1. The standard InChI is InChI=1S/C31H42FN3O2/c1-24(2)21-28-29(36)35(23-26-14-10-15-27(32)22-26)31(30(37)33-28)16-19-34(20-17-31)18-9-4-3-6-11-25-12-7-5-8-13-25/h5,7-8,10,12-15,22,24,28H,3-4,6,9,11,16-21,23H2,1-2H3,(H,33,37)/t28-/m0/s1. The second-order valence-corrected chi connectivity index (χ2v) is 11.2. The highest BCUT2D eigenvalue weighted by molar-refractivity contribution is 6.00. The van der Waals surface area contributed by atoms with Crippen molar-refractivity contribution in [2.45, 2.75) is 83.3 Å². The van der Waals surface area contributed by atoms with Gasteiger partial charge in [0.25, 0.3) is 0 Å². The molecule has 4 rings (SSSR count). The van der Waals surface area contributed by atoms with E-state index in [9.17, 15) is 14.0 Å². The van der Waals surface area contributed by atoms with Crippen molar-refractivity contribution in [3.8, 4) is 0 Å². The van der Waals surface area contributed by atoms with Crippen LogP contribution in [0, 0.1) is 11.7 Å². The van der Waals surface area contributed by atoms with E-state index in [-0.39, 0.29) is 30.1 Å². The highest BCUT2D eigenvalue weighted by atomic mass is 19.1. The molecule has 2 aromatic rings. The molecule has 1 spiro atoms. The van der Waals surface area contributed by atoms with E-state index in [0.29, 0.717) is 19.3 Å². The van der Waals surface area contributed by atoms with Crippen molar-refractivity contribution >= 4 is 11.8 Å². The molecule has 2 heterocycles. The molecule has 2 aliphatic heterocycles. The summed E-state index contributed by atoms with van der Waals surface area (Å²) in [6, 6.07) is 16.5. The van der Waals surface area contributed by atoms with E-state index >= 15 is 0 Å². The lowest BCUT2D eigenvalue weighted by molar-refractivity contribution is -0.162. The molecule has 37 heavy (non-hydrogen) atoms. The van der Waals surface area contributed by atoms with Gasteiger partial charge in [-0.15, -0.1) is 0 Å². The lowest BCUT2D eigenvalue weighted by Gasteiger charge is -2.52. The van der Waals surface area contributed by atoms with E-state index in [2.05, 4.69) is 54.4 Å². The van der Waals surface area contributed by atoms with Crippen molar-refractivity contribution in [3.63, 3.8) is 0 Å². The summed E-state index contributed by atoms with van der Waals surface area (Å²) in [5.74, 6) is -0.120. The Morgan fingerprint density at radius 3 is 2.35 bits per heavy atom. The van der Waals surface area contributed by atoms with Gasteiger partial charge >= 0.3 is 0 Å². The van der Waals surface area contributed by atoms with Gasteiger partial charge in [-0.2, -0.15) is 0 Å². The van der Waals surface area contributed by atoms with Crippen LogP contribution >= 0.6 is 0 Å². The summed E-state index contributed by atoms with van der Waals surface area (Å²) in [6.07, 6.45) is 7.76. The van der Waals surface area contributed by atoms with Crippen molar-refractivity contribution in [1.82, 2.24) is 15.1 Å². The number of amides is 2. The average Bonchev–Trinajstić information content (AvgIpc) is 2.88. The molecule has 0 bridgehead atoms. The highest BCUT2D eigenvalue weighted by Gasteiger charge is 2.53. The smallest absolute Gasteiger partial charge is 0.246 e. The molecule has 0 saturated carbocycles. The minimum absolute atomic E-state index is 0.0376. The number of unbranched alkanes of at least 4 members (excludes halogenated alkanes) is 3. The first-order valence-electron chi connectivity index (χ1n) is 14.0. The number of nitrogens with one attached hydrogen (secondary N) is 1. The van der Waals surface area contributed by atoms with Gasteiger partial charge < -0.3 is 15.1 Å². The minimum atomic E-state index is -0.858. The molecular weight excluding hydrogens is 465 g/mol. The van der Waals surface area contributed by atoms with Gasteiger partial charge in [-0.3, -0.25) is 9.59 Å². The number of aryl methyl sites for hydroxylation is 1. The van der Waals surface area contributed by atoms with Crippen molar-refractivity contribution < 1.29 is 14.0 Å². The summed E-state index contributed by atoms with van der Waals surface area (Å²) < 4.78 is 13.9. The van der Waals surface area contributed by atoms with Crippen LogP contribution in [0.15, 0.2) is 54.6 Å². The lowest BCUT2D eigenvalue weighted by Crippen LogP contribution is -2.72. The number of rotatable bonds is 11. The summed E-state index contributed by atoms with van der Waals surface area (Å²) in [5, 5.41) is 3.06. The van der Waals surface area contributed by atoms with Crippen molar-refractivity contribution in [3.05, 3.63) is 71.5 Å². The van der Waals surface area contributed by atoms with E-state index in [1.165, 1.54) is 37.0 Å². The first-order chi connectivity index (χ1) is 17.9. The van der Waals surface area contributed by atoms with E-state index < -0.39 is 11.6 Å². The Morgan fingerprint density at radius 1 is 0.946 bits per heavy atom. The van der Waals surface area contributed by atoms with Gasteiger partial charge in [0.15, 0.2) is 0 Å². The number of hydrogen-bond donors (Lipinski definition) is 1. The van der Waals surface area contributed by atoms with Gasteiger partial charge in [0.05, 0.1) is 0 Å². The predicted octanol–water partition coefficient (Wildman–Crippen LogP) is 5.34. The molecule has 6 heteroatoms. The number of carbonyl (C=O) groups is 2. The molecule has 5 nitrogen and oxygen atoms in total. The second kappa shape index (κ2) is 12.7. The molecule has 2 aromatic carbocycles. The summed E-state index contributed by atoms with van der Waals surface area (Å²) >= 11 is 0. The van der Waals surface area contributed by atoms with Gasteiger partial charge in [0, 0.05) is 19.6 Å². The van der Waals surface area contributed by atoms with Crippen LogP contribution in [-0.4, -0.2) is 52.8 Å². The lowest BCUT2D eigenvalue weighted by atomic mass is 9.80. The van der Waals surface area contributed by atoms with Gasteiger partial charge in [-0.25, -0.2) is 4.39 Å². The monoisotopic (exact) mass is 507 g/mol. The number of nitrogens with zero attached hydrogens (tertiary/aromatic N) is 2. The van der Waals surface area contributed by atoms with Gasteiger partial charge in [-0.1, -0.05) is 69.2 Å². The maximum Gasteiger partial charge on any atom is 0.246 e. The molecule has 200 valence electrons. The number of hydrogen-bond acceptors (Lipinski definition) is 3. The average molecular weight is 508 g/mol. The SMILES string of the molecule is CC(C)C[C@@H]1NC(=O)C2(CCN(CCCCCCc3ccccc3)CC2)N(Cc2cccc(F)c2)C1=O. The summed E-state index contributed by atoms with van der Waals surface area (Å²) in [5.41, 5.74) is 1.27. The minimum Gasteiger partial charge on any atom is -0.342 e. The fourth-order valence-electron chi connectivity index (χ4n) is 5.86. The summed E-state index contributed by atoms with van der Waals surface area (Å²) in [6.45, 7) is 6.98. The Labute approximate surface area is 221 Å². The number of benzene rings is 2. The number of carbonyl (C=O) groups excluding carboxylic acids is 2. The third-order valence-electron chi connectivity index (χ3n) is 7.96. The third kappa shape index (κ3) is 6.98. The summed E-state index contributed by atoms with van der Waals surface area (Å²) in [7, 11) is 0. The Morgan fingerprint density at radius 2 is 1.65 bits per heavy atom. The molecule has 2 saturated heterocycles. The van der Waals surface area contributed by atoms with Gasteiger partial charge in [0.2, 0.25) is 11.8 Å². The Balaban J connectivity index is 1.33. The van der Waals surface area contributed by atoms with Gasteiger partial charge in [-0.05, 0) is 74.2 Å². The largest absolute Gasteiger partial charge is 0.342 e. The Bertz CT molecular complexity index is 1030. The maximum atomic E-state index is 13.9. The number of halogens is 1. The molecule has 1 N–H and O–H groups in total. The molecular formula is C31H42FN3O2. The van der Waals surface area contributed by atoms with Crippen LogP contribution in [0.3, 0.4) is 0 Å².